The van der Waals surface area contributed by atoms with Crippen molar-refractivity contribution in [1.29, 1.82) is 0 Å². The summed E-state index contributed by atoms with van der Waals surface area (Å²) in [5.74, 6) is 0.255. The average molecular weight is 584 g/mol. The Kier molecular flexibility index (Phi) is 17.9. The molecule has 1 aliphatic carbocycles. The summed E-state index contributed by atoms with van der Waals surface area (Å²) in [6.45, 7) is 21.1. The van der Waals surface area contributed by atoms with Crippen molar-refractivity contribution >= 4 is 17.3 Å². The third kappa shape index (κ3) is 11.8. The van der Waals surface area contributed by atoms with E-state index in [1.807, 2.05) is 40.0 Å². The number of hydrogen-bond acceptors (Lipinski definition) is 5. The molecule has 2 aliphatic heterocycles. The first-order chi connectivity index (χ1) is 20.2. The maximum absolute atomic E-state index is 13.7. The first kappa shape index (κ1) is 37.2. The third-order valence-electron chi connectivity index (χ3n) is 7.54. The Morgan fingerprint density at radius 2 is 1.79 bits per heavy atom. The first-order valence-electron chi connectivity index (χ1n) is 16.1. The second-order valence-electron chi connectivity index (χ2n) is 11.2. The van der Waals surface area contributed by atoms with Crippen LogP contribution < -0.4 is 15.5 Å². The van der Waals surface area contributed by atoms with E-state index >= 15 is 0 Å². The van der Waals surface area contributed by atoms with Gasteiger partial charge in [-0.15, -0.1) is 0 Å². The fraction of sp³-hybridized carbons (Fsp3) is 0.629. The van der Waals surface area contributed by atoms with Gasteiger partial charge in [-0.1, -0.05) is 67.4 Å². The van der Waals surface area contributed by atoms with E-state index in [4.69, 9.17) is 0 Å². The van der Waals surface area contributed by atoms with Crippen molar-refractivity contribution in [2.45, 2.75) is 119 Å². The monoisotopic (exact) mass is 583 g/mol. The Hall–Kier alpha value is -2.80. The molecule has 0 radical (unpaired) electrons. The molecule has 0 saturated carbocycles. The van der Waals surface area contributed by atoms with Crippen LogP contribution >= 0.6 is 0 Å². The lowest BCUT2D eigenvalue weighted by atomic mass is 10.0. The second-order valence-corrected chi connectivity index (χ2v) is 11.2. The van der Waals surface area contributed by atoms with Crippen LogP contribution in [0.25, 0.3) is 0 Å². The largest absolute Gasteiger partial charge is 0.368 e. The van der Waals surface area contributed by atoms with Gasteiger partial charge >= 0.3 is 0 Å². The van der Waals surface area contributed by atoms with Gasteiger partial charge in [-0.3, -0.25) is 14.8 Å². The van der Waals surface area contributed by atoms with Gasteiger partial charge in [0.15, 0.2) is 0 Å². The zero-order valence-electron chi connectivity index (χ0n) is 28.1. The molecule has 1 aromatic rings. The van der Waals surface area contributed by atoms with E-state index in [9.17, 15) is 9.18 Å². The van der Waals surface area contributed by atoms with Crippen LogP contribution in [-0.2, 0) is 11.2 Å². The lowest BCUT2D eigenvalue weighted by Crippen LogP contribution is -2.51. The highest BCUT2D eigenvalue weighted by Crippen LogP contribution is 2.29. The maximum Gasteiger partial charge on any atom is 0.224 e. The third-order valence-corrected chi connectivity index (χ3v) is 7.54. The molecule has 42 heavy (non-hydrogen) atoms. The number of nitrogens with zero attached hydrogens (tertiary/aromatic N) is 3. The van der Waals surface area contributed by atoms with E-state index in [0.29, 0.717) is 24.2 Å². The van der Waals surface area contributed by atoms with Gasteiger partial charge in [0.2, 0.25) is 5.91 Å². The van der Waals surface area contributed by atoms with E-state index in [-0.39, 0.29) is 11.6 Å². The minimum absolute atomic E-state index is 0.172. The molecule has 1 amide bonds. The summed E-state index contributed by atoms with van der Waals surface area (Å²) in [6.07, 6.45) is 14.2. The number of anilines is 1. The van der Waals surface area contributed by atoms with Crippen LogP contribution in [0, 0.1) is 12.8 Å². The number of fused-ring (bicyclic) bond motifs is 2. The molecule has 7 heteroatoms. The number of rotatable bonds is 7. The van der Waals surface area contributed by atoms with E-state index in [1.165, 1.54) is 48.7 Å². The van der Waals surface area contributed by atoms with Crippen molar-refractivity contribution in [1.82, 2.24) is 15.6 Å². The number of aliphatic imine (C=N–C) groups is 1. The summed E-state index contributed by atoms with van der Waals surface area (Å²) >= 11 is 0. The number of nitrogens with one attached hydrogen (secondary N) is 2. The highest BCUT2D eigenvalue weighted by atomic mass is 19.1. The zero-order chi connectivity index (χ0) is 31.7. The Morgan fingerprint density at radius 3 is 2.29 bits per heavy atom. The van der Waals surface area contributed by atoms with E-state index in [2.05, 4.69) is 66.2 Å². The van der Waals surface area contributed by atoms with E-state index in [1.54, 1.807) is 13.1 Å². The Morgan fingerprint density at radius 1 is 1.17 bits per heavy atom. The number of carbonyl (C=O) groups is 1. The number of aryl methyl sites for hydroxylation is 1. The minimum Gasteiger partial charge on any atom is -0.368 e. The topological polar surface area (TPSA) is 69.6 Å². The lowest BCUT2D eigenvalue weighted by molar-refractivity contribution is -0.120. The number of allylic oxidation sites excluding steroid dienone is 5. The van der Waals surface area contributed by atoms with E-state index < -0.39 is 5.83 Å². The Bertz CT molecular complexity index is 1080. The summed E-state index contributed by atoms with van der Waals surface area (Å²) in [6, 6.07) is 3.61. The lowest BCUT2D eigenvalue weighted by Gasteiger charge is -2.36. The number of aromatic nitrogens is 1. The molecular weight excluding hydrogens is 525 g/mol. The molecule has 2 saturated heterocycles. The number of carbonyl (C=O) groups excluding carboxylic acids is 1. The van der Waals surface area contributed by atoms with Crippen LogP contribution in [0.5, 0.6) is 0 Å². The summed E-state index contributed by atoms with van der Waals surface area (Å²) < 4.78 is 13.7. The van der Waals surface area contributed by atoms with Crippen molar-refractivity contribution in [3.05, 3.63) is 58.8 Å². The highest BCUT2D eigenvalue weighted by Gasteiger charge is 2.33. The van der Waals surface area contributed by atoms with Crippen LogP contribution in [0.3, 0.4) is 0 Å². The Balaban J connectivity index is 0.000000346. The van der Waals surface area contributed by atoms with Crippen molar-refractivity contribution in [2.24, 2.45) is 10.9 Å². The molecule has 3 aliphatic rings. The fourth-order valence-corrected chi connectivity index (χ4v) is 4.97. The molecule has 3 heterocycles. The molecule has 2 atom stereocenters. The number of pyridine rings is 1. The molecule has 0 aromatic carbocycles. The molecular formula is C35H58FN5O. The highest BCUT2D eigenvalue weighted by molar-refractivity contribution is 6.12. The molecule has 2 bridgehead atoms. The fourth-order valence-electron chi connectivity index (χ4n) is 4.97. The van der Waals surface area contributed by atoms with Crippen molar-refractivity contribution in [3.8, 4) is 0 Å². The standard InChI is InChI=1S/C15H23N3.C13H17FN2O.C5H12.C2H6/c1-3-4-14-11(2)16-8-7-15(14)18-9-12-5-6-13(10-18)17-12;1-4-6-13(17)16-12-7-9(5-2)11(15-3)8-10(12)14;1-4-5(2)3;1-2/h7-8,12-13,17H,3-6,9-10H2,1-2H3;5,7-8H,4,6H2,1-3H3,(H,16,17);5H,4H2,1-3H3;1-2H3/b;9-5-,15-11?;;. The second kappa shape index (κ2) is 20.2. The number of piperazine rings is 1. The number of amides is 1. The first-order valence-corrected chi connectivity index (χ1v) is 16.1. The molecule has 236 valence electrons. The van der Waals surface area contributed by atoms with Gasteiger partial charge in [0.25, 0.3) is 0 Å². The SMILES string of the molecule is C/C=C1/C=C(NC(=O)CCC)C(F)=CC1=NC.CC.CCC(C)C.CCCc1c(N2CC3CCC(C2)N3)ccnc1C. The van der Waals surface area contributed by atoms with Gasteiger partial charge in [-0.2, -0.15) is 0 Å². The molecule has 1 aromatic heterocycles. The van der Waals surface area contributed by atoms with Gasteiger partial charge in [-0.05, 0) is 68.7 Å². The quantitative estimate of drug-likeness (QED) is 0.341. The smallest absolute Gasteiger partial charge is 0.224 e. The molecule has 2 fully saturated rings. The van der Waals surface area contributed by atoms with Crippen LogP contribution in [0.1, 0.15) is 105 Å². The van der Waals surface area contributed by atoms with Gasteiger partial charge in [0.05, 0.1) is 11.4 Å². The van der Waals surface area contributed by atoms with Gasteiger partial charge < -0.3 is 15.5 Å². The summed E-state index contributed by atoms with van der Waals surface area (Å²) in [4.78, 5) is 22.4. The summed E-state index contributed by atoms with van der Waals surface area (Å²) in [5.41, 5.74) is 5.70. The zero-order valence-corrected chi connectivity index (χ0v) is 28.1. The minimum atomic E-state index is -0.458. The number of hydrogen-bond donors (Lipinski definition) is 2. The molecule has 6 nitrogen and oxygen atoms in total. The summed E-state index contributed by atoms with van der Waals surface area (Å²) in [5, 5.41) is 6.26. The molecule has 4 rings (SSSR count). The van der Waals surface area contributed by atoms with Gasteiger partial charge in [-0.25, -0.2) is 4.39 Å². The molecule has 0 spiro atoms. The predicted octanol–water partition coefficient (Wildman–Crippen LogP) is 8.03. The predicted molar refractivity (Wildman–Crippen MR) is 179 cm³/mol. The van der Waals surface area contributed by atoms with Gasteiger partial charge in [0, 0.05) is 62.3 Å². The average Bonchev–Trinajstić information content (AvgIpc) is 3.33. The molecule has 2 unspecified atom stereocenters. The Labute approximate surface area is 256 Å². The van der Waals surface area contributed by atoms with Crippen molar-refractivity contribution in [3.63, 3.8) is 0 Å². The van der Waals surface area contributed by atoms with Crippen LogP contribution in [0.15, 0.2) is 52.6 Å². The van der Waals surface area contributed by atoms with Crippen LogP contribution in [0.2, 0.25) is 0 Å². The number of halogens is 1. The molecule has 2 N–H and O–H groups in total. The van der Waals surface area contributed by atoms with E-state index in [0.717, 1.165) is 37.4 Å². The van der Waals surface area contributed by atoms with Gasteiger partial charge in [0.1, 0.15) is 5.83 Å². The van der Waals surface area contributed by atoms with Crippen molar-refractivity contribution in [2.75, 3.05) is 25.0 Å². The maximum atomic E-state index is 13.7. The van der Waals surface area contributed by atoms with Crippen LogP contribution in [-0.4, -0.2) is 48.8 Å². The normalized spacial score (nSPS) is 20.9. The summed E-state index contributed by atoms with van der Waals surface area (Å²) in [7, 11) is 1.61. The van der Waals surface area contributed by atoms with Crippen molar-refractivity contribution < 1.29 is 9.18 Å². The van der Waals surface area contributed by atoms with Crippen LogP contribution in [0.4, 0.5) is 10.1 Å².